The number of fused-ring (bicyclic) bond motifs is 1. The number of likely N-dealkylation sites (N-methyl/N-ethyl adjacent to an activating group) is 1. The Hall–Kier alpha value is -2.38. The van der Waals surface area contributed by atoms with E-state index in [9.17, 15) is 5.11 Å². The van der Waals surface area contributed by atoms with Gasteiger partial charge >= 0.3 is 0 Å². The highest BCUT2D eigenvalue weighted by Crippen LogP contribution is 2.25. The first kappa shape index (κ1) is 23.3. The molecule has 1 atom stereocenters. The molecule has 0 saturated heterocycles. The summed E-state index contributed by atoms with van der Waals surface area (Å²) in [5.74, 6) is 0.796. The largest absolute Gasteiger partial charge is 0.491 e. The maximum absolute atomic E-state index is 10.7. The first-order chi connectivity index (χ1) is 15.0. The molecule has 0 spiro atoms. The van der Waals surface area contributed by atoms with Crippen molar-refractivity contribution in [2.45, 2.75) is 33.0 Å². The molecule has 1 unspecified atom stereocenters. The molecule has 0 aliphatic heterocycles. The number of aryl methyl sites for hydroxylation is 1. The zero-order valence-electron chi connectivity index (χ0n) is 18.8. The van der Waals surface area contributed by atoms with E-state index in [1.807, 2.05) is 37.4 Å². The minimum atomic E-state index is -0.458. The Morgan fingerprint density at radius 3 is 2.48 bits per heavy atom. The van der Waals surface area contributed by atoms with Crippen LogP contribution in [0.3, 0.4) is 0 Å². The molecule has 0 bridgehead atoms. The Kier molecular flexibility index (Phi) is 8.49. The molecule has 6 heteroatoms. The van der Waals surface area contributed by atoms with Crippen molar-refractivity contribution in [3.63, 3.8) is 0 Å². The summed E-state index contributed by atoms with van der Waals surface area (Å²) >= 11 is 0. The van der Waals surface area contributed by atoms with E-state index in [1.165, 1.54) is 22.2 Å². The number of aliphatic hydroxyl groups is 2. The highest BCUT2D eigenvalue weighted by Gasteiger charge is 2.15. The Balaban J connectivity index is 1.49. The first-order valence-corrected chi connectivity index (χ1v) is 10.8. The van der Waals surface area contributed by atoms with Crippen molar-refractivity contribution >= 4 is 10.9 Å². The van der Waals surface area contributed by atoms with Gasteiger partial charge in [-0.3, -0.25) is 4.90 Å². The van der Waals surface area contributed by atoms with Crippen LogP contribution in [-0.4, -0.2) is 65.8 Å². The van der Waals surface area contributed by atoms with Crippen LogP contribution in [0.25, 0.3) is 10.9 Å². The topological polar surface area (TPSA) is 67.1 Å². The summed E-state index contributed by atoms with van der Waals surface area (Å²) in [5, 5.41) is 20.7. The molecule has 0 aliphatic carbocycles. The second kappa shape index (κ2) is 11.3. The summed E-state index contributed by atoms with van der Waals surface area (Å²) < 4.78 is 13.0. The molecular weight excluding hydrogens is 392 g/mol. The van der Waals surface area contributed by atoms with Gasteiger partial charge in [-0.15, -0.1) is 0 Å². The predicted molar refractivity (Wildman–Crippen MR) is 124 cm³/mol. The van der Waals surface area contributed by atoms with Crippen molar-refractivity contribution in [3.8, 4) is 5.75 Å². The molecule has 31 heavy (non-hydrogen) atoms. The first-order valence-electron chi connectivity index (χ1n) is 10.8. The number of para-hydroxylation sites is 1. The van der Waals surface area contributed by atoms with Gasteiger partial charge in [-0.05, 0) is 50.2 Å². The maximum atomic E-state index is 10.7. The lowest BCUT2D eigenvalue weighted by Gasteiger charge is -2.22. The molecule has 2 N–H and O–H groups in total. The van der Waals surface area contributed by atoms with Crippen LogP contribution < -0.4 is 4.74 Å². The molecule has 0 saturated carbocycles. The van der Waals surface area contributed by atoms with Crippen molar-refractivity contribution in [2.75, 3.05) is 40.0 Å². The quantitative estimate of drug-likeness (QED) is 0.436. The van der Waals surface area contributed by atoms with E-state index in [1.54, 1.807) is 0 Å². The average Bonchev–Trinajstić information content (AvgIpc) is 3.00. The fraction of sp³-hybridized carbons (Fsp3) is 0.440. The van der Waals surface area contributed by atoms with Gasteiger partial charge in [0.15, 0.2) is 0 Å². The average molecular weight is 427 g/mol. The van der Waals surface area contributed by atoms with Gasteiger partial charge in [-0.25, -0.2) is 0 Å². The van der Waals surface area contributed by atoms with E-state index in [0.29, 0.717) is 32.9 Å². The highest BCUT2D eigenvalue weighted by atomic mass is 16.5. The summed E-state index contributed by atoms with van der Waals surface area (Å²) in [6.07, 6.45) is -0.458. The molecule has 6 nitrogen and oxygen atoms in total. The molecular formula is C25H34N2O4. The monoisotopic (exact) mass is 426 g/mol. The van der Waals surface area contributed by atoms with Gasteiger partial charge in [0.05, 0.1) is 32.5 Å². The molecule has 1 aromatic heterocycles. The molecule has 3 aromatic rings. The molecule has 0 fully saturated rings. The summed E-state index contributed by atoms with van der Waals surface area (Å²) in [5.41, 5.74) is 4.83. The van der Waals surface area contributed by atoms with Crippen LogP contribution in [0, 0.1) is 13.8 Å². The van der Waals surface area contributed by atoms with Gasteiger partial charge < -0.3 is 24.3 Å². The number of nitrogens with zero attached hydrogens (tertiary/aromatic N) is 2. The number of ether oxygens (including phenoxy) is 2. The summed E-state index contributed by atoms with van der Waals surface area (Å²) in [6.45, 7) is 7.45. The van der Waals surface area contributed by atoms with Gasteiger partial charge in [0.2, 0.25) is 0 Å². The fourth-order valence-electron chi connectivity index (χ4n) is 3.92. The lowest BCUT2D eigenvalue weighted by atomic mass is 10.2. The molecule has 0 amide bonds. The maximum Gasteiger partial charge on any atom is 0.119 e. The third-order valence-electron chi connectivity index (χ3n) is 5.57. The van der Waals surface area contributed by atoms with Crippen molar-refractivity contribution < 1.29 is 19.7 Å². The van der Waals surface area contributed by atoms with E-state index >= 15 is 0 Å². The zero-order chi connectivity index (χ0) is 22.2. The number of hydrogen-bond acceptors (Lipinski definition) is 5. The van der Waals surface area contributed by atoms with Gasteiger partial charge in [0, 0.05) is 29.7 Å². The summed E-state index contributed by atoms with van der Waals surface area (Å²) in [6, 6.07) is 16.3. The second-order valence-electron chi connectivity index (χ2n) is 8.02. The van der Waals surface area contributed by atoms with Crippen LogP contribution in [-0.2, 0) is 17.8 Å². The van der Waals surface area contributed by atoms with Gasteiger partial charge in [-0.2, -0.15) is 0 Å². The van der Waals surface area contributed by atoms with Crippen LogP contribution in [0.15, 0.2) is 48.5 Å². The SMILES string of the molecule is Cc1c(C)n(CC(O)CN(C)Cc2ccc(OCCOCCO)cc2)c2ccccc12. The van der Waals surface area contributed by atoms with Gasteiger partial charge in [-0.1, -0.05) is 30.3 Å². The predicted octanol–water partition coefficient (Wildman–Crippen LogP) is 3.14. The lowest BCUT2D eigenvalue weighted by molar-refractivity contribution is 0.0705. The van der Waals surface area contributed by atoms with Crippen LogP contribution in [0.4, 0.5) is 0 Å². The van der Waals surface area contributed by atoms with Crippen molar-refractivity contribution in [1.82, 2.24) is 9.47 Å². The van der Waals surface area contributed by atoms with E-state index < -0.39 is 6.10 Å². The minimum absolute atomic E-state index is 0.0260. The number of rotatable bonds is 12. The Bertz CT molecular complexity index is 952. The number of aromatic nitrogens is 1. The van der Waals surface area contributed by atoms with E-state index in [2.05, 4.69) is 41.5 Å². The fourth-order valence-corrected chi connectivity index (χ4v) is 3.92. The van der Waals surface area contributed by atoms with E-state index in [0.717, 1.165) is 17.9 Å². The second-order valence-corrected chi connectivity index (χ2v) is 8.02. The Labute approximate surface area is 184 Å². The number of aliphatic hydroxyl groups excluding tert-OH is 2. The molecule has 1 heterocycles. The molecule has 2 aromatic carbocycles. The van der Waals surface area contributed by atoms with Crippen LogP contribution in [0.5, 0.6) is 5.75 Å². The number of hydrogen-bond donors (Lipinski definition) is 2. The van der Waals surface area contributed by atoms with Gasteiger partial charge in [0.25, 0.3) is 0 Å². The van der Waals surface area contributed by atoms with Crippen molar-refractivity contribution in [3.05, 3.63) is 65.4 Å². The van der Waals surface area contributed by atoms with Crippen LogP contribution in [0.2, 0.25) is 0 Å². The third-order valence-corrected chi connectivity index (χ3v) is 5.57. The molecule has 0 radical (unpaired) electrons. The smallest absolute Gasteiger partial charge is 0.119 e. The van der Waals surface area contributed by atoms with Crippen LogP contribution >= 0.6 is 0 Å². The molecule has 168 valence electrons. The van der Waals surface area contributed by atoms with Crippen LogP contribution in [0.1, 0.15) is 16.8 Å². The standard InChI is InChI=1S/C25H34N2O4/c1-19-20(2)27(25-7-5-4-6-24(19)25)18-22(29)17-26(3)16-21-8-10-23(11-9-21)31-15-14-30-13-12-28/h4-11,22,28-29H,12-18H2,1-3H3. The van der Waals surface area contributed by atoms with Crippen molar-refractivity contribution in [2.24, 2.45) is 0 Å². The highest BCUT2D eigenvalue weighted by molar-refractivity contribution is 5.85. The van der Waals surface area contributed by atoms with Crippen molar-refractivity contribution in [1.29, 1.82) is 0 Å². The minimum Gasteiger partial charge on any atom is -0.491 e. The summed E-state index contributed by atoms with van der Waals surface area (Å²) in [4.78, 5) is 2.14. The lowest BCUT2D eigenvalue weighted by Crippen LogP contribution is -2.32. The van der Waals surface area contributed by atoms with E-state index in [4.69, 9.17) is 14.6 Å². The van der Waals surface area contributed by atoms with Gasteiger partial charge in [0.1, 0.15) is 12.4 Å². The molecule has 3 rings (SSSR count). The third kappa shape index (κ3) is 6.31. The number of benzene rings is 2. The Morgan fingerprint density at radius 2 is 1.74 bits per heavy atom. The zero-order valence-corrected chi connectivity index (χ0v) is 18.8. The van der Waals surface area contributed by atoms with E-state index in [-0.39, 0.29) is 6.61 Å². The molecule has 0 aliphatic rings. The summed E-state index contributed by atoms with van der Waals surface area (Å²) in [7, 11) is 2.03. The Morgan fingerprint density at radius 1 is 1.00 bits per heavy atom. The normalized spacial score (nSPS) is 12.6.